The van der Waals surface area contributed by atoms with Crippen LogP contribution in [0.4, 0.5) is 0 Å². The molecule has 3 N–H and O–H groups in total. The van der Waals surface area contributed by atoms with Crippen LogP contribution in [0.1, 0.15) is 450 Å². The van der Waals surface area contributed by atoms with E-state index in [0.29, 0.717) is 25.9 Å². The number of hydrogen-bond acceptors (Lipinski definition) is 5. The average Bonchev–Trinajstić information content (AvgIpc) is 3.59. The molecule has 0 rings (SSSR count). The van der Waals surface area contributed by atoms with Crippen LogP contribution in [0.15, 0.2) is 24.3 Å². The second-order valence-electron chi connectivity index (χ2n) is 27.4. The maximum atomic E-state index is 12.5. The predicted molar refractivity (Wildman–Crippen MR) is 380 cm³/mol. The zero-order valence-corrected chi connectivity index (χ0v) is 58.6. The van der Waals surface area contributed by atoms with Gasteiger partial charge < -0.3 is 20.3 Å². The van der Waals surface area contributed by atoms with Crippen LogP contribution in [0.2, 0.25) is 0 Å². The third-order valence-electron chi connectivity index (χ3n) is 18.8. The average molecular weight is 1210 g/mol. The highest BCUT2D eigenvalue weighted by atomic mass is 16.5. The highest BCUT2D eigenvalue weighted by Gasteiger charge is 2.20. The monoisotopic (exact) mass is 1210 g/mol. The van der Waals surface area contributed by atoms with E-state index in [1.165, 1.54) is 372 Å². The lowest BCUT2D eigenvalue weighted by Gasteiger charge is -2.22. The van der Waals surface area contributed by atoms with Gasteiger partial charge in [-0.2, -0.15) is 0 Å². The Hall–Kier alpha value is -1.66. The van der Waals surface area contributed by atoms with Gasteiger partial charge in [0.15, 0.2) is 0 Å². The molecule has 510 valence electrons. The fourth-order valence-electron chi connectivity index (χ4n) is 12.7. The van der Waals surface area contributed by atoms with Gasteiger partial charge in [0.05, 0.1) is 25.4 Å². The summed E-state index contributed by atoms with van der Waals surface area (Å²) in [4.78, 5) is 24.7. The number of carbonyl (C=O) groups excluding carboxylic acids is 2. The van der Waals surface area contributed by atoms with Crippen molar-refractivity contribution in [2.45, 2.75) is 463 Å². The molecule has 0 fully saturated rings. The highest BCUT2D eigenvalue weighted by molar-refractivity contribution is 5.76. The van der Waals surface area contributed by atoms with E-state index in [-0.39, 0.29) is 18.5 Å². The van der Waals surface area contributed by atoms with Crippen LogP contribution in [0.3, 0.4) is 0 Å². The van der Waals surface area contributed by atoms with E-state index in [1.807, 2.05) is 0 Å². The van der Waals surface area contributed by atoms with E-state index in [4.69, 9.17) is 4.74 Å². The Bertz CT molecular complexity index is 1350. The van der Waals surface area contributed by atoms with Crippen LogP contribution in [-0.4, -0.2) is 47.4 Å². The molecule has 0 aromatic rings. The molecule has 2 atom stereocenters. The Kier molecular flexibility index (Phi) is 74.3. The molecule has 6 heteroatoms. The quantitative estimate of drug-likeness (QED) is 0.0320. The first kappa shape index (κ1) is 84.3. The molecule has 0 saturated carbocycles. The molecule has 0 aliphatic rings. The van der Waals surface area contributed by atoms with Crippen LogP contribution < -0.4 is 5.32 Å². The Morgan fingerprint density at radius 1 is 0.326 bits per heavy atom. The standard InChI is InChI=1S/C80H155NO5/c1-3-5-7-9-11-13-15-17-19-21-37-42-46-50-54-58-62-66-70-74-80(85)86-75-71-67-63-59-55-51-47-43-39-36-34-32-30-28-26-24-22-23-25-27-29-31-33-35-38-41-45-49-53-57-61-65-69-73-79(84)81-77(76-82)78(83)72-68-64-60-56-52-48-44-40-20-18-16-14-12-10-8-6-4-2/h26,28,32,34,77-78,82-83H,3-25,27,29-31,33,35-76H2,1-2H3,(H,81,84)/b28-26-,34-32-. The van der Waals surface area contributed by atoms with Crippen molar-refractivity contribution >= 4 is 11.9 Å². The molecule has 0 aromatic heterocycles. The van der Waals surface area contributed by atoms with Crippen molar-refractivity contribution in [1.29, 1.82) is 0 Å². The van der Waals surface area contributed by atoms with Crippen molar-refractivity contribution in [1.82, 2.24) is 5.32 Å². The molecule has 0 radical (unpaired) electrons. The number of esters is 1. The van der Waals surface area contributed by atoms with E-state index >= 15 is 0 Å². The molecule has 0 saturated heterocycles. The predicted octanol–water partition coefficient (Wildman–Crippen LogP) is 26.0. The topological polar surface area (TPSA) is 95.9 Å². The number of ether oxygens (including phenoxy) is 1. The minimum absolute atomic E-state index is 0.0200. The van der Waals surface area contributed by atoms with Gasteiger partial charge in [0.1, 0.15) is 0 Å². The van der Waals surface area contributed by atoms with Crippen LogP contribution in [0.25, 0.3) is 0 Å². The molecule has 2 unspecified atom stereocenters. The highest BCUT2D eigenvalue weighted by Crippen LogP contribution is 2.20. The number of allylic oxidation sites excluding steroid dienone is 4. The number of nitrogens with one attached hydrogen (secondary N) is 1. The molecule has 1 amide bonds. The summed E-state index contributed by atoms with van der Waals surface area (Å²) in [6, 6.07) is -0.540. The zero-order chi connectivity index (χ0) is 62.0. The van der Waals surface area contributed by atoms with Crippen molar-refractivity contribution in [2.24, 2.45) is 0 Å². The number of amides is 1. The maximum absolute atomic E-state index is 12.5. The van der Waals surface area contributed by atoms with E-state index in [0.717, 1.165) is 44.9 Å². The normalized spacial score (nSPS) is 12.6. The summed E-state index contributed by atoms with van der Waals surface area (Å²) < 4.78 is 5.52. The summed E-state index contributed by atoms with van der Waals surface area (Å²) >= 11 is 0. The Labute approximate surface area is 539 Å². The zero-order valence-electron chi connectivity index (χ0n) is 58.6. The minimum atomic E-state index is -0.663. The molecule has 86 heavy (non-hydrogen) atoms. The van der Waals surface area contributed by atoms with Crippen molar-refractivity contribution in [3.8, 4) is 0 Å². The van der Waals surface area contributed by atoms with Gasteiger partial charge in [0.25, 0.3) is 0 Å². The number of hydrogen-bond donors (Lipinski definition) is 3. The van der Waals surface area contributed by atoms with E-state index in [9.17, 15) is 19.8 Å². The van der Waals surface area contributed by atoms with E-state index in [1.54, 1.807) is 0 Å². The third kappa shape index (κ3) is 71.4. The van der Waals surface area contributed by atoms with Gasteiger partial charge in [-0.1, -0.05) is 404 Å². The molecule has 6 nitrogen and oxygen atoms in total. The van der Waals surface area contributed by atoms with Crippen LogP contribution in [0.5, 0.6) is 0 Å². The molecular formula is C80H155NO5. The Morgan fingerprint density at radius 3 is 0.884 bits per heavy atom. The van der Waals surface area contributed by atoms with Crippen molar-refractivity contribution in [2.75, 3.05) is 13.2 Å². The summed E-state index contributed by atoms with van der Waals surface area (Å²) in [6.45, 7) is 5.00. The molecule has 0 spiro atoms. The maximum Gasteiger partial charge on any atom is 0.305 e. The van der Waals surface area contributed by atoms with Crippen molar-refractivity contribution in [3.05, 3.63) is 24.3 Å². The lowest BCUT2D eigenvalue weighted by molar-refractivity contribution is -0.143. The Morgan fingerprint density at radius 2 is 0.581 bits per heavy atom. The van der Waals surface area contributed by atoms with Gasteiger partial charge in [-0.15, -0.1) is 0 Å². The van der Waals surface area contributed by atoms with Gasteiger partial charge in [-0.3, -0.25) is 9.59 Å². The van der Waals surface area contributed by atoms with Crippen LogP contribution in [0, 0.1) is 0 Å². The smallest absolute Gasteiger partial charge is 0.305 e. The second kappa shape index (κ2) is 75.8. The summed E-state index contributed by atoms with van der Waals surface area (Å²) in [7, 11) is 0. The SMILES string of the molecule is CCCCCCCCCCCCCCCCCCCCCC(=O)OCCCCCCCCCCC/C=C\C/C=C\CCCCCCCCCCCCCCCCCCCC(=O)NC(CO)C(O)CCCCCCCCCCCCCCCCCCC. The number of carbonyl (C=O) groups is 2. The van der Waals surface area contributed by atoms with Crippen LogP contribution in [-0.2, 0) is 14.3 Å². The van der Waals surface area contributed by atoms with Gasteiger partial charge in [-0.25, -0.2) is 0 Å². The molecule has 0 aliphatic carbocycles. The summed E-state index contributed by atoms with van der Waals surface area (Å²) in [5.41, 5.74) is 0. The first-order chi connectivity index (χ1) is 42.5. The first-order valence-corrected chi connectivity index (χ1v) is 39.6. The molecule has 0 heterocycles. The molecular weight excluding hydrogens is 1050 g/mol. The number of aliphatic hydroxyl groups is 2. The van der Waals surface area contributed by atoms with Crippen LogP contribution >= 0.6 is 0 Å². The van der Waals surface area contributed by atoms with Gasteiger partial charge >= 0.3 is 5.97 Å². The molecule has 0 aromatic carbocycles. The minimum Gasteiger partial charge on any atom is -0.466 e. The lowest BCUT2D eigenvalue weighted by atomic mass is 10.0. The summed E-state index contributed by atoms with van der Waals surface area (Å²) in [5, 5.41) is 23.4. The van der Waals surface area contributed by atoms with E-state index < -0.39 is 12.1 Å². The van der Waals surface area contributed by atoms with Gasteiger partial charge in [0, 0.05) is 12.8 Å². The van der Waals surface area contributed by atoms with Gasteiger partial charge in [0.2, 0.25) is 5.91 Å². The Balaban J connectivity index is 3.35. The lowest BCUT2D eigenvalue weighted by Crippen LogP contribution is -2.45. The summed E-state index contributed by atoms with van der Waals surface area (Å²) in [6.07, 6.45) is 97.0. The molecule has 0 aliphatic heterocycles. The molecule has 0 bridgehead atoms. The number of aliphatic hydroxyl groups excluding tert-OH is 2. The number of unbranched alkanes of at least 4 members (excludes halogenated alkanes) is 60. The second-order valence-corrected chi connectivity index (χ2v) is 27.4. The van der Waals surface area contributed by atoms with E-state index in [2.05, 4.69) is 43.5 Å². The fraction of sp³-hybridized carbons (Fsp3) is 0.925. The van der Waals surface area contributed by atoms with Crippen molar-refractivity contribution in [3.63, 3.8) is 0 Å². The number of rotatable bonds is 75. The largest absolute Gasteiger partial charge is 0.466 e. The van der Waals surface area contributed by atoms with Gasteiger partial charge in [-0.05, 0) is 57.8 Å². The first-order valence-electron chi connectivity index (χ1n) is 39.6. The fourth-order valence-corrected chi connectivity index (χ4v) is 12.7. The summed E-state index contributed by atoms with van der Waals surface area (Å²) in [5.74, 6) is -0.00886. The third-order valence-corrected chi connectivity index (χ3v) is 18.8. The van der Waals surface area contributed by atoms with Crippen molar-refractivity contribution < 1.29 is 24.5 Å².